The first-order valence-corrected chi connectivity index (χ1v) is 7.74. The van der Waals surface area contributed by atoms with E-state index in [0.717, 1.165) is 15.6 Å². The number of hydrogen-bond acceptors (Lipinski definition) is 3. The van der Waals surface area contributed by atoms with Crippen LogP contribution in [0.5, 0.6) is 0 Å². The van der Waals surface area contributed by atoms with Crippen molar-refractivity contribution in [1.29, 1.82) is 0 Å². The summed E-state index contributed by atoms with van der Waals surface area (Å²) in [6, 6.07) is 17.8. The fourth-order valence-electron chi connectivity index (χ4n) is 2.07. The second-order valence-corrected chi connectivity index (χ2v) is 5.55. The number of allylic oxidation sites excluding steroid dienone is 1. The molecule has 0 bridgehead atoms. The summed E-state index contributed by atoms with van der Waals surface area (Å²) in [6.45, 7) is 0. The Morgan fingerprint density at radius 2 is 1.82 bits per heavy atom. The molecule has 108 valence electrons. The van der Waals surface area contributed by atoms with E-state index in [1.807, 2.05) is 66.1 Å². The van der Waals surface area contributed by atoms with Gasteiger partial charge in [-0.3, -0.25) is 4.79 Å². The molecule has 1 heterocycles. The minimum Gasteiger partial charge on any atom is -0.267 e. The maximum atomic E-state index is 12.1. The van der Waals surface area contributed by atoms with Gasteiger partial charge in [-0.2, -0.15) is 5.10 Å². The van der Waals surface area contributed by atoms with Gasteiger partial charge >= 0.3 is 0 Å². The molecule has 1 aromatic heterocycles. The number of hydrogen-bond donors (Lipinski definition) is 1. The molecule has 0 unspecified atom stereocenters. The predicted molar refractivity (Wildman–Crippen MR) is 93.3 cm³/mol. The minimum atomic E-state index is -0.193. The highest BCUT2D eigenvalue weighted by Crippen LogP contribution is 2.25. The molecule has 0 saturated carbocycles. The Morgan fingerprint density at radius 1 is 1.05 bits per heavy atom. The third-order valence-electron chi connectivity index (χ3n) is 3.14. The van der Waals surface area contributed by atoms with Crippen molar-refractivity contribution < 1.29 is 4.79 Å². The summed E-state index contributed by atoms with van der Waals surface area (Å²) in [7, 11) is 0. The van der Waals surface area contributed by atoms with Crippen molar-refractivity contribution in [2.75, 3.05) is 0 Å². The van der Waals surface area contributed by atoms with Crippen molar-refractivity contribution in [2.24, 2.45) is 5.10 Å². The van der Waals surface area contributed by atoms with Crippen molar-refractivity contribution >= 4 is 39.6 Å². The van der Waals surface area contributed by atoms with Crippen LogP contribution in [0.1, 0.15) is 15.9 Å². The van der Waals surface area contributed by atoms with Gasteiger partial charge in [0.25, 0.3) is 5.91 Å². The van der Waals surface area contributed by atoms with E-state index >= 15 is 0 Å². The fourth-order valence-corrected chi connectivity index (χ4v) is 3.01. The molecule has 0 atom stereocenters. The molecule has 0 saturated heterocycles. The standard InChI is InChI=1S/C18H14N2OS/c21-18(16-13-22-17-11-5-4-10-15(16)17)20-19-12-6-9-14-7-2-1-3-8-14/h1-13H,(H,20,21)/b9-6+,19-12-. The lowest BCUT2D eigenvalue weighted by Gasteiger charge is -1.97. The summed E-state index contributed by atoms with van der Waals surface area (Å²) in [5, 5.41) is 6.76. The minimum absolute atomic E-state index is 0.193. The topological polar surface area (TPSA) is 41.5 Å². The van der Waals surface area contributed by atoms with Gasteiger partial charge in [-0.25, -0.2) is 5.43 Å². The fraction of sp³-hybridized carbons (Fsp3) is 0. The summed E-state index contributed by atoms with van der Waals surface area (Å²) in [4.78, 5) is 12.1. The molecule has 0 aliphatic rings. The second kappa shape index (κ2) is 6.83. The average molecular weight is 306 g/mol. The van der Waals surface area contributed by atoms with Gasteiger partial charge in [0, 0.05) is 21.7 Å². The first-order valence-electron chi connectivity index (χ1n) is 6.86. The van der Waals surface area contributed by atoms with E-state index in [-0.39, 0.29) is 5.91 Å². The van der Waals surface area contributed by atoms with Crippen LogP contribution in [0.15, 0.2) is 71.2 Å². The number of rotatable bonds is 4. The number of nitrogens with one attached hydrogen (secondary N) is 1. The Morgan fingerprint density at radius 3 is 2.68 bits per heavy atom. The van der Waals surface area contributed by atoms with E-state index in [2.05, 4.69) is 10.5 Å². The maximum absolute atomic E-state index is 12.1. The van der Waals surface area contributed by atoms with Gasteiger partial charge in [0.05, 0.1) is 5.56 Å². The van der Waals surface area contributed by atoms with Crippen LogP contribution < -0.4 is 5.43 Å². The lowest BCUT2D eigenvalue weighted by molar-refractivity contribution is 0.0957. The van der Waals surface area contributed by atoms with Gasteiger partial charge in [-0.05, 0) is 17.7 Å². The van der Waals surface area contributed by atoms with Gasteiger partial charge in [0.1, 0.15) is 0 Å². The zero-order valence-corrected chi connectivity index (χ0v) is 12.6. The molecular weight excluding hydrogens is 292 g/mol. The molecule has 22 heavy (non-hydrogen) atoms. The largest absolute Gasteiger partial charge is 0.272 e. The Kier molecular flexibility index (Phi) is 4.41. The smallest absolute Gasteiger partial charge is 0.267 e. The van der Waals surface area contributed by atoms with E-state index in [0.29, 0.717) is 5.56 Å². The van der Waals surface area contributed by atoms with Gasteiger partial charge in [-0.15, -0.1) is 11.3 Å². The van der Waals surface area contributed by atoms with Crippen LogP contribution in [-0.2, 0) is 0 Å². The summed E-state index contributed by atoms with van der Waals surface area (Å²) in [5.41, 5.74) is 4.29. The summed E-state index contributed by atoms with van der Waals surface area (Å²) in [5.74, 6) is -0.193. The first-order chi connectivity index (χ1) is 10.8. The molecule has 3 rings (SSSR count). The summed E-state index contributed by atoms with van der Waals surface area (Å²) < 4.78 is 1.10. The van der Waals surface area contributed by atoms with Crippen molar-refractivity contribution in [3.05, 3.63) is 77.2 Å². The molecule has 4 heteroatoms. The van der Waals surface area contributed by atoms with E-state index in [1.54, 1.807) is 23.6 Å². The molecule has 0 fully saturated rings. The van der Waals surface area contributed by atoms with E-state index in [1.165, 1.54) is 0 Å². The van der Waals surface area contributed by atoms with Crippen LogP contribution in [0.25, 0.3) is 16.2 Å². The SMILES string of the molecule is O=C(N/N=C\C=C\c1ccccc1)c1csc2ccccc12. The molecule has 1 N–H and O–H groups in total. The van der Waals surface area contributed by atoms with Crippen LogP contribution in [0.2, 0.25) is 0 Å². The number of amides is 1. The number of carbonyl (C=O) groups excluding carboxylic acids is 1. The maximum Gasteiger partial charge on any atom is 0.272 e. The van der Waals surface area contributed by atoms with Crippen LogP contribution in [0, 0.1) is 0 Å². The van der Waals surface area contributed by atoms with Crippen LogP contribution in [0.3, 0.4) is 0 Å². The highest BCUT2D eigenvalue weighted by Gasteiger charge is 2.10. The first kappa shape index (κ1) is 14.2. The summed E-state index contributed by atoms with van der Waals surface area (Å²) in [6.07, 6.45) is 5.29. The summed E-state index contributed by atoms with van der Waals surface area (Å²) >= 11 is 1.56. The number of carbonyl (C=O) groups is 1. The Hall–Kier alpha value is -2.72. The highest BCUT2D eigenvalue weighted by atomic mass is 32.1. The zero-order valence-electron chi connectivity index (χ0n) is 11.8. The van der Waals surface area contributed by atoms with Crippen LogP contribution in [0.4, 0.5) is 0 Å². The van der Waals surface area contributed by atoms with Crippen molar-refractivity contribution in [3.8, 4) is 0 Å². The third-order valence-corrected chi connectivity index (χ3v) is 4.10. The average Bonchev–Trinajstić information content (AvgIpc) is 2.99. The van der Waals surface area contributed by atoms with Gasteiger partial charge < -0.3 is 0 Å². The predicted octanol–water partition coefficient (Wildman–Crippen LogP) is 4.33. The Balaban J connectivity index is 1.63. The lowest BCUT2D eigenvalue weighted by Crippen LogP contribution is -2.16. The quantitative estimate of drug-likeness (QED) is 0.565. The molecule has 0 aliphatic carbocycles. The highest BCUT2D eigenvalue weighted by molar-refractivity contribution is 7.17. The third kappa shape index (κ3) is 3.30. The van der Waals surface area contributed by atoms with E-state index < -0.39 is 0 Å². The number of benzene rings is 2. The van der Waals surface area contributed by atoms with Crippen molar-refractivity contribution in [2.45, 2.75) is 0 Å². The van der Waals surface area contributed by atoms with Crippen molar-refractivity contribution in [1.82, 2.24) is 5.43 Å². The normalized spacial score (nSPS) is 11.5. The number of nitrogens with zero attached hydrogens (tertiary/aromatic N) is 1. The van der Waals surface area contributed by atoms with Gasteiger partial charge in [-0.1, -0.05) is 54.6 Å². The Bertz CT molecular complexity index is 834. The molecule has 0 aliphatic heterocycles. The Labute approximate surface area is 132 Å². The second-order valence-electron chi connectivity index (χ2n) is 4.63. The number of fused-ring (bicyclic) bond motifs is 1. The molecule has 3 nitrogen and oxygen atoms in total. The molecule has 2 aromatic carbocycles. The van der Waals surface area contributed by atoms with E-state index in [4.69, 9.17) is 0 Å². The van der Waals surface area contributed by atoms with Gasteiger partial charge in [0.15, 0.2) is 0 Å². The molecule has 1 amide bonds. The molecular formula is C18H14N2OS. The van der Waals surface area contributed by atoms with Crippen LogP contribution >= 0.6 is 11.3 Å². The molecule has 0 radical (unpaired) electrons. The molecule has 3 aromatic rings. The van der Waals surface area contributed by atoms with Gasteiger partial charge in [0.2, 0.25) is 0 Å². The molecule has 0 spiro atoms. The lowest BCUT2D eigenvalue weighted by atomic mass is 10.2. The zero-order chi connectivity index (χ0) is 15.2. The monoisotopic (exact) mass is 306 g/mol. The van der Waals surface area contributed by atoms with Crippen LogP contribution in [-0.4, -0.2) is 12.1 Å². The van der Waals surface area contributed by atoms with Crippen molar-refractivity contribution in [3.63, 3.8) is 0 Å². The number of thiophene rings is 1. The van der Waals surface area contributed by atoms with E-state index in [9.17, 15) is 4.79 Å². The number of hydrazone groups is 1.